The third-order valence-electron chi connectivity index (χ3n) is 3.47. The lowest BCUT2D eigenvalue weighted by Gasteiger charge is -2.10. The predicted molar refractivity (Wildman–Crippen MR) is 76.9 cm³/mol. The van der Waals surface area contributed by atoms with E-state index in [0.29, 0.717) is 17.3 Å². The van der Waals surface area contributed by atoms with Gasteiger partial charge in [0.2, 0.25) is 5.91 Å². The summed E-state index contributed by atoms with van der Waals surface area (Å²) in [5.41, 5.74) is 2.97. The molecule has 5 heteroatoms. The van der Waals surface area contributed by atoms with Gasteiger partial charge in [-0.15, -0.1) is 0 Å². The maximum absolute atomic E-state index is 12.2. The number of para-hydroxylation sites is 1. The first kappa shape index (κ1) is 12.6. The second-order valence-corrected chi connectivity index (χ2v) is 4.94. The molecule has 0 bridgehead atoms. The molecule has 1 unspecified atom stereocenters. The van der Waals surface area contributed by atoms with Crippen LogP contribution in [-0.4, -0.2) is 15.6 Å². The summed E-state index contributed by atoms with van der Waals surface area (Å²) in [5.74, 6) is 0.111. The molecule has 1 N–H and O–H groups in total. The zero-order chi connectivity index (χ0) is 13.9. The van der Waals surface area contributed by atoms with E-state index < -0.39 is 0 Å². The van der Waals surface area contributed by atoms with Crippen LogP contribution in [0.3, 0.4) is 0 Å². The molecule has 1 amide bonds. The van der Waals surface area contributed by atoms with Gasteiger partial charge in [-0.1, -0.05) is 24.3 Å². The normalized spacial score (nSPS) is 17.5. The molecule has 0 saturated heterocycles. The molecular weight excluding hydrogens is 254 g/mol. The van der Waals surface area contributed by atoms with Crippen molar-refractivity contribution < 1.29 is 4.79 Å². The smallest absolute Gasteiger partial charge is 0.273 e. The molecule has 0 fully saturated rings. The zero-order valence-corrected chi connectivity index (χ0v) is 11.0. The van der Waals surface area contributed by atoms with Crippen molar-refractivity contribution in [1.82, 2.24) is 9.66 Å². The van der Waals surface area contributed by atoms with E-state index in [0.717, 1.165) is 17.5 Å². The summed E-state index contributed by atoms with van der Waals surface area (Å²) in [7, 11) is 0. The van der Waals surface area contributed by atoms with Crippen molar-refractivity contribution in [1.29, 1.82) is 0 Å². The molecule has 3 rings (SSSR count). The van der Waals surface area contributed by atoms with Gasteiger partial charge in [-0.25, -0.2) is 9.66 Å². The minimum atomic E-state index is -0.258. The van der Waals surface area contributed by atoms with Crippen LogP contribution in [0, 0.1) is 5.92 Å². The van der Waals surface area contributed by atoms with Gasteiger partial charge in [0.1, 0.15) is 6.33 Å². The van der Waals surface area contributed by atoms with Gasteiger partial charge in [-0.2, -0.15) is 0 Å². The summed E-state index contributed by atoms with van der Waals surface area (Å²) in [6.45, 7) is 0. The molecule has 1 aromatic carbocycles. The minimum absolute atomic E-state index is 0.166. The lowest BCUT2D eigenvalue weighted by atomic mass is 10.1. The van der Waals surface area contributed by atoms with Crippen LogP contribution in [0.2, 0.25) is 0 Å². The van der Waals surface area contributed by atoms with E-state index in [1.165, 1.54) is 6.33 Å². The Morgan fingerprint density at radius 2 is 2.25 bits per heavy atom. The quantitative estimate of drug-likeness (QED) is 0.864. The number of amides is 1. The molecule has 102 valence electrons. The molecule has 5 nitrogen and oxygen atoms in total. The Hall–Kier alpha value is -2.43. The number of allylic oxidation sites excluding steroid dienone is 2. The largest absolute Gasteiger partial charge is 0.280 e. The molecule has 1 aromatic heterocycles. The van der Waals surface area contributed by atoms with Gasteiger partial charge in [0.25, 0.3) is 5.56 Å². The van der Waals surface area contributed by atoms with E-state index in [1.807, 2.05) is 6.07 Å². The van der Waals surface area contributed by atoms with E-state index in [2.05, 4.69) is 22.6 Å². The molecule has 0 saturated carbocycles. The number of aromatic nitrogens is 2. The third-order valence-corrected chi connectivity index (χ3v) is 3.47. The molecule has 2 aromatic rings. The van der Waals surface area contributed by atoms with Gasteiger partial charge in [-0.3, -0.25) is 15.0 Å². The molecular formula is C15H15N3O2. The minimum Gasteiger partial charge on any atom is -0.273 e. The summed E-state index contributed by atoms with van der Waals surface area (Å²) >= 11 is 0. The Kier molecular flexibility index (Phi) is 3.33. The fourth-order valence-electron chi connectivity index (χ4n) is 2.43. The number of hydrogen-bond acceptors (Lipinski definition) is 3. The first-order chi connectivity index (χ1) is 9.74. The summed E-state index contributed by atoms with van der Waals surface area (Å²) in [6.07, 6.45) is 7.92. The van der Waals surface area contributed by atoms with Crippen LogP contribution in [0.1, 0.15) is 19.3 Å². The summed E-state index contributed by atoms with van der Waals surface area (Å²) in [4.78, 5) is 28.3. The maximum Gasteiger partial charge on any atom is 0.280 e. The van der Waals surface area contributed by atoms with Crippen LogP contribution in [0.25, 0.3) is 10.9 Å². The highest BCUT2D eigenvalue weighted by molar-refractivity contribution is 5.84. The first-order valence-electron chi connectivity index (χ1n) is 6.67. The first-order valence-corrected chi connectivity index (χ1v) is 6.67. The monoisotopic (exact) mass is 269 g/mol. The van der Waals surface area contributed by atoms with Gasteiger partial charge in [0.05, 0.1) is 10.9 Å². The highest BCUT2D eigenvalue weighted by Crippen LogP contribution is 2.20. The van der Waals surface area contributed by atoms with E-state index in [-0.39, 0.29) is 17.4 Å². The zero-order valence-electron chi connectivity index (χ0n) is 11.0. The lowest BCUT2D eigenvalue weighted by Crippen LogP contribution is -2.33. The van der Waals surface area contributed by atoms with Gasteiger partial charge in [-0.05, 0) is 30.9 Å². The maximum atomic E-state index is 12.2. The highest BCUT2D eigenvalue weighted by Gasteiger charge is 2.14. The van der Waals surface area contributed by atoms with E-state index in [1.54, 1.807) is 18.2 Å². The van der Waals surface area contributed by atoms with Crippen LogP contribution in [0.15, 0.2) is 47.5 Å². The van der Waals surface area contributed by atoms with Gasteiger partial charge in [0, 0.05) is 6.42 Å². The number of fused-ring (bicyclic) bond motifs is 1. The van der Waals surface area contributed by atoms with Gasteiger partial charge < -0.3 is 0 Å². The Bertz CT molecular complexity index is 733. The van der Waals surface area contributed by atoms with E-state index in [9.17, 15) is 9.59 Å². The molecule has 1 aliphatic rings. The van der Waals surface area contributed by atoms with Crippen molar-refractivity contribution in [2.24, 2.45) is 5.92 Å². The number of nitrogens with one attached hydrogen (secondary N) is 1. The Morgan fingerprint density at radius 3 is 3.05 bits per heavy atom. The van der Waals surface area contributed by atoms with Crippen LogP contribution >= 0.6 is 0 Å². The second-order valence-electron chi connectivity index (χ2n) is 4.94. The van der Waals surface area contributed by atoms with Crippen LogP contribution in [0.4, 0.5) is 0 Å². The molecule has 1 heterocycles. The van der Waals surface area contributed by atoms with Gasteiger partial charge in [0.15, 0.2) is 0 Å². The molecule has 0 aliphatic heterocycles. The number of nitrogens with zero attached hydrogens (tertiary/aromatic N) is 2. The molecule has 0 radical (unpaired) electrons. The predicted octanol–water partition coefficient (Wildman–Crippen LogP) is 1.82. The molecule has 1 aliphatic carbocycles. The SMILES string of the molecule is O=C(CC1C=CCC1)Nn1cnc2ccccc2c1=O. The molecule has 1 atom stereocenters. The van der Waals surface area contributed by atoms with Crippen molar-refractivity contribution in [2.75, 3.05) is 5.43 Å². The Balaban J connectivity index is 1.80. The number of benzene rings is 1. The topological polar surface area (TPSA) is 64.0 Å². The summed E-state index contributed by atoms with van der Waals surface area (Å²) < 4.78 is 1.16. The number of carbonyl (C=O) groups excluding carboxylic acids is 1. The number of hydrogen-bond donors (Lipinski definition) is 1. The van der Waals surface area contributed by atoms with Crippen molar-refractivity contribution in [3.05, 3.63) is 53.1 Å². The number of rotatable bonds is 3. The molecule has 0 spiro atoms. The van der Waals surface area contributed by atoms with Crippen LogP contribution in [0.5, 0.6) is 0 Å². The fraction of sp³-hybridized carbons (Fsp3) is 0.267. The average Bonchev–Trinajstić information content (AvgIpc) is 2.95. The molecule has 20 heavy (non-hydrogen) atoms. The highest BCUT2D eigenvalue weighted by atomic mass is 16.2. The van der Waals surface area contributed by atoms with Crippen molar-refractivity contribution >= 4 is 16.8 Å². The Morgan fingerprint density at radius 1 is 1.40 bits per heavy atom. The van der Waals surface area contributed by atoms with Crippen molar-refractivity contribution in [2.45, 2.75) is 19.3 Å². The van der Waals surface area contributed by atoms with E-state index in [4.69, 9.17) is 0 Å². The standard InChI is InChI=1S/C15H15N3O2/c19-14(9-11-5-1-2-6-11)17-18-10-16-13-8-4-3-7-12(13)15(18)20/h1,3-5,7-8,10-11H,2,6,9H2,(H,17,19). The van der Waals surface area contributed by atoms with Crippen LogP contribution in [-0.2, 0) is 4.79 Å². The summed E-state index contributed by atoms with van der Waals surface area (Å²) in [6, 6.07) is 7.07. The Labute approximate surface area is 115 Å². The van der Waals surface area contributed by atoms with Gasteiger partial charge >= 0.3 is 0 Å². The van der Waals surface area contributed by atoms with Crippen molar-refractivity contribution in [3.8, 4) is 0 Å². The fourth-order valence-corrected chi connectivity index (χ4v) is 2.43. The number of carbonyl (C=O) groups is 1. The average molecular weight is 269 g/mol. The lowest BCUT2D eigenvalue weighted by molar-refractivity contribution is -0.117. The third kappa shape index (κ3) is 2.47. The van der Waals surface area contributed by atoms with Crippen molar-refractivity contribution in [3.63, 3.8) is 0 Å². The van der Waals surface area contributed by atoms with E-state index >= 15 is 0 Å². The van der Waals surface area contributed by atoms with Crippen LogP contribution < -0.4 is 11.0 Å². The second kappa shape index (κ2) is 5.28. The summed E-state index contributed by atoms with van der Waals surface area (Å²) in [5, 5.41) is 0.496.